The number of aryl methyl sites for hydroxylation is 2. The molecule has 18 heavy (non-hydrogen) atoms. The molecular formula is C11H17ClFN5. The molecule has 0 aromatic carbocycles. The minimum Gasteiger partial charge on any atom is -0.308 e. The molecule has 0 amide bonds. The molecule has 2 aromatic rings. The minimum absolute atomic E-state index is 0. The molecule has 0 spiro atoms. The first-order chi connectivity index (χ1) is 8.20. The van der Waals surface area contributed by atoms with Crippen molar-refractivity contribution in [2.75, 3.05) is 0 Å². The Morgan fingerprint density at radius 3 is 2.61 bits per heavy atom. The topological polar surface area (TPSA) is 47.7 Å². The summed E-state index contributed by atoms with van der Waals surface area (Å²) in [7, 11) is 1.87. The van der Waals surface area contributed by atoms with Gasteiger partial charge in [-0.1, -0.05) is 0 Å². The van der Waals surface area contributed by atoms with Crippen LogP contribution in [0.1, 0.15) is 18.1 Å². The van der Waals surface area contributed by atoms with Crippen LogP contribution in [-0.4, -0.2) is 19.6 Å². The molecule has 2 heterocycles. The molecule has 5 nitrogen and oxygen atoms in total. The van der Waals surface area contributed by atoms with E-state index in [1.54, 1.807) is 17.1 Å². The summed E-state index contributed by atoms with van der Waals surface area (Å²) in [5, 5.41) is 11.2. The number of rotatable bonds is 5. The monoisotopic (exact) mass is 273 g/mol. The fraction of sp³-hybridized carbons (Fsp3) is 0.455. The zero-order valence-electron chi connectivity index (χ0n) is 10.4. The van der Waals surface area contributed by atoms with Crippen molar-refractivity contribution >= 4 is 12.4 Å². The lowest BCUT2D eigenvalue weighted by molar-refractivity contribution is 0.460. The van der Waals surface area contributed by atoms with Gasteiger partial charge < -0.3 is 5.32 Å². The molecule has 0 bridgehead atoms. The van der Waals surface area contributed by atoms with E-state index in [1.165, 1.54) is 4.68 Å². The van der Waals surface area contributed by atoms with E-state index in [4.69, 9.17) is 0 Å². The summed E-state index contributed by atoms with van der Waals surface area (Å²) in [4.78, 5) is 0. The van der Waals surface area contributed by atoms with Crippen molar-refractivity contribution in [3.8, 4) is 0 Å². The number of halogens is 2. The molecule has 0 saturated heterocycles. The highest BCUT2D eigenvalue weighted by Gasteiger charge is 2.08. The lowest BCUT2D eigenvalue weighted by Crippen LogP contribution is -2.13. The second kappa shape index (κ2) is 6.51. The van der Waals surface area contributed by atoms with Gasteiger partial charge in [0.05, 0.1) is 12.4 Å². The van der Waals surface area contributed by atoms with Crippen molar-refractivity contribution in [3.63, 3.8) is 0 Å². The fourth-order valence-corrected chi connectivity index (χ4v) is 1.65. The Bertz CT molecular complexity index is 493. The molecule has 0 fully saturated rings. The minimum atomic E-state index is -0.258. The predicted molar refractivity (Wildman–Crippen MR) is 68.9 cm³/mol. The maximum absolute atomic E-state index is 13.6. The Kier molecular flexibility index (Phi) is 5.30. The Labute approximate surface area is 111 Å². The third-order valence-corrected chi connectivity index (χ3v) is 2.55. The van der Waals surface area contributed by atoms with Crippen molar-refractivity contribution in [3.05, 3.63) is 35.7 Å². The van der Waals surface area contributed by atoms with Gasteiger partial charge >= 0.3 is 0 Å². The van der Waals surface area contributed by atoms with Crippen LogP contribution < -0.4 is 5.32 Å². The number of hydrogen-bond acceptors (Lipinski definition) is 3. The normalized spacial score (nSPS) is 10.4. The zero-order chi connectivity index (χ0) is 12.3. The van der Waals surface area contributed by atoms with Crippen molar-refractivity contribution in [1.82, 2.24) is 24.9 Å². The van der Waals surface area contributed by atoms with Crippen LogP contribution in [0.3, 0.4) is 0 Å². The maximum Gasteiger partial charge on any atom is 0.215 e. The van der Waals surface area contributed by atoms with E-state index in [-0.39, 0.29) is 18.4 Å². The van der Waals surface area contributed by atoms with E-state index in [9.17, 15) is 4.39 Å². The second-order valence-corrected chi connectivity index (χ2v) is 3.90. The molecule has 0 atom stereocenters. The number of hydrogen-bond donors (Lipinski definition) is 1. The van der Waals surface area contributed by atoms with Crippen molar-refractivity contribution < 1.29 is 4.39 Å². The van der Waals surface area contributed by atoms with Gasteiger partial charge in [0.1, 0.15) is 0 Å². The Morgan fingerprint density at radius 2 is 2.06 bits per heavy atom. The summed E-state index contributed by atoms with van der Waals surface area (Å²) in [5.41, 5.74) is 1.67. The zero-order valence-corrected chi connectivity index (χ0v) is 11.2. The summed E-state index contributed by atoms with van der Waals surface area (Å²) in [6.45, 7) is 3.56. The standard InChI is InChI=1S/C11H16FN5.ClH/c1-3-17-11(12)10(7-15-17)6-13-4-9-5-14-16(2)8-9;/h5,7-8,13H,3-4,6H2,1-2H3;1H. The van der Waals surface area contributed by atoms with Crippen LogP contribution in [0.2, 0.25) is 0 Å². The van der Waals surface area contributed by atoms with E-state index in [1.807, 2.05) is 20.2 Å². The fourth-order valence-electron chi connectivity index (χ4n) is 1.65. The van der Waals surface area contributed by atoms with E-state index in [0.29, 0.717) is 25.2 Å². The van der Waals surface area contributed by atoms with Crippen LogP contribution in [0.5, 0.6) is 0 Å². The quantitative estimate of drug-likeness (QED) is 0.898. The SMILES string of the molecule is CCn1ncc(CNCc2cnn(C)c2)c1F.Cl. The Hall–Kier alpha value is -1.40. The van der Waals surface area contributed by atoms with Crippen molar-refractivity contribution in [2.24, 2.45) is 7.05 Å². The predicted octanol–water partition coefficient (Wildman–Crippen LogP) is 1.49. The van der Waals surface area contributed by atoms with E-state index in [2.05, 4.69) is 15.5 Å². The molecule has 2 aromatic heterocycles. The van der Waals surface area contributed by atoms with Gasteiger partial charge in [-0.05, 0) is 6.92 Å². The first kappa shape index (κ1) is 14.7. The van der Waals surface area contributed by atoms with Gasteiger partial charge in [0.2, 0.25) is 5.95 Å². The number of nitrogens with one attached hydrogen (secondary N) is 1. The molecule has 1 N–H and O–H groups in total. The molecule has 7 heteroatoms. The third kappa shape index (κ3) is 3.30. The first-order valence-corrected chi connectivity index (χ1v) is 5.59. The van der Waals surface area contributed by atoms with Gasteiger partial charge in [0.15, 0.2) is 0 Å². The Morgan fingerprint density at radius 1 is 1.28 bits per heavy atom. The van der Waals surface area contributed by atoms with Crippen LogP contribution in [-0.2, 0) is 26.7 Å². The number of aromatic nitrogens is 4. The largest absolute Gasteiger partial charge is 0.308 e. The van der Waals surface area contributed by atoms with E-state index >= 15 is 0 Å². The summed E-state index contributed by atoms with van der Waals surface area (Å²) in [5.74, 6) is -0.258. The van der Waals surface area contributed by atoms with E-state index in [0.717, 1.165) is 5.56 Å². The highest BCUT2D eigenvalue weighted by atomic mass is 35.5. The molecule has 0 aliphatic carbocycles. The molecule has 2 rings (SSSR count). The van der Waals surface area contributed by atoms with Gasteiger partial charge in [-0.3, -0.25) is 4.68 Å². The highest BCUT2D eigenvalue weighted by Crippen LogP contribution is 2.06. The van der Waals surface area contributed by atoms with Crippen LogP contribution in [0.25, 0.3) is 0 Å². The van der Waals surface area contributed by atoms with Crippen LogP contribution in [0, 0.1) is 5.95 Å². The molecule has 0 aliphatic heterocycles. The maximum atomic E-state index is 13.6. The molecule has 100 valence electrons. The van der Waals surface area contributed by atoms with E-state index < -0.39 is 0 Å². The van der Waals surface area contributed by atoms with Gasteiger partial charge in [-0.2, -0.15) is 14.6 Å². The average Bonchev–Trinajstić information content (AvgIpc) is 2.87. The first-order valence-electron chi connectivity index (χ1n) is 5.59. The van der Waals surface area contributed by atoms with Crippen LogP contribution >= 0.6 is 12.4 Å². The lowest BCUT2D eigenvalue weighted by atomic mass is 10.3. The Balaban J connectivity index is 0.00000162. The molecule has 0 unspecified atom stereocenters. The van der Waals surface area contributed by atoms with Crippen LogP contribution in [0.15, 0.2) is 18.6 Å². The summed E-state index contributed by atoms with van der Waals surface area (Å²) >= 11 is 0. The third-order valence-electron chi connectivity index (χ3n) is 2.55. The summed E-state index contributed by atoms with van der Waals surface area (Å²) in [6, 6.07) is 0. The summed E-state index contributed by atoms with van der Waals surface area (Å²) < 4.78 is 16.7. The summed E-state index contributed by atoms with van der Waals surface area (Å²) in [6.07, 6.45) is 5.28. The molecule has 0 aliphatic rings. The van der Waals surface area contributed by atoms with Gasteiger partial charge in [-0.15, -0.1) is 12.4 Å². The van der Waals surface area contributed by atoms with Crippen molar-refractivity contribution in [1.29, 1.82) is 0 Å². The molecular weight excluding hydrogens is 257 g/mol. The molecule has 0 saturated carbocycles. The lowest BCUT2D eigenvalue weighted by Gasteiger charge is -2.01. The van der Waals surface area contributed by atoms with Gasteiger partial charge in [-0.25, -0.2) is 4.68 Å². The van der Waals surface area contributed by atoms with Gasteiger partial charge in [0, 0.05) is 44.0 Å². The average molecular weight is 274 g/mol. The van der Waals surface area contributed by atoms with Crippen molar-refractivity contribution in [2.45, 2.75) is 26.6 Å². The highest BCUT2D eigenvalue weighted by molar-refractivity contribution is 5.85. The van der Waals surface area contributed by atoms with Gasteiger partial charge in [0.25, 0.3) is 0 Å². The molecule has 0 radical (unpaired) electrons. The second-order valence-electron chi connectivity index (χ2n) is 3.90. The smallest absolute Gasteiger partial charge is 0.215 e. The number of nitrogens with zero attached hydrogens (tertiary/aromatic N) is 4. The van der Waals surface area contributed by atoms with Crippen LogP contribution in [0.4, 0.5) is 4.39 Å².